The summed E-state index contributed by atoms with van der Waals surface area (Å²) in [4.78, 5) is 12.8. The number of halogens is 5. The molecule has 0 bridgehead atoms. The lowest BCUT2D eigenvalue weighted by Crippen LogP contribution is -2.36. The smallest absolute Gasteiger partial charge is 0.290 e. The largest absolute Gasteiger partial charge is 0.434 e. The van der Waals surface area contributed by atoms with Crippen molar-refractivity contribution in [1.82, 2.24) is 15.5 Å². The number of amides is 1. The standard InChI is InChI=1S/C22H18Cl2F3N3O2/c1-11-7-8-14(12(2)9-11)22(26,27)10-28-20(31)17-13(3)19(24)29-30-21(17)32-16-6-4-5-15(23)18(16)25/h4-9H,10H2,1-3H3,(H,28,31). The molecular formula is C22H18Cl2F3N3O2. The van der Waals surface area contributed by atoms with Crippen molar-refractivity contribution >= 4 is 29.1 Å². The third-order valence-electron chi connectivity index (χ3n) is 4.72. The summed E-state index contributed by atoms with van der Waals surface area (Å²) in [6.45, 7) is 3.82. The van der Waals surface area contributed by atoms with Gasteiger partial charge in [-0.2, -0.15) is 8.78 Å². The maximum Gasteiger partial charge on any atom is 0.290 e. The zero-order valence-corrected chi connectivity index (χ0v) is 18.8. The van der Waals surface area contributed by atoms with E-state index >= 15 is 0 Å². The quantitative estimate of drug-likeness (QED) is 0.455. The van der Waals surface area contributed by atoms with Crippen molar-refractivity contribution in [2.24, 2.45) is 0 Å². The molecule has 1 amide bonds. The van der Waals surface area contributed by atoms with E-state index in [1.165, 1.54) is 31.2 Å². The molecule has 3 aromatic rings. The molecule has 168 valence electrons. The van der Waals surface area contributed by atoms with E-state index in [1.54, 1.807) is 26.0 Å². The topological polar surface area (TPSA) is 64.1 Å². The van der Waals surface area contributed by atoms with Gasteiger partial charge in [-0.05, 0) is 38.5 Å². The minimum absolute atomic E-state index is 0.129. The Labute approximate surface area is 192 Å². The van der Waals surface area contributed by atoms with Crippen LogP contribution in [0.2, 0.25) is 10.2 Å². The molecular weight excluding hydrogens is 466 g/mol. The molecule has 10 heteroatoms. The fraction of sp³-hybridized carbons (Fsp3) is 0.227. The Morgan fingerprint density at radius 1 is 1.12 bits per heavy atom. The molecule has 2 aromatic carbocycles. The van der Waals surface area contributed by atoms with Gasteiger partial charge in [0.1, 0.15) is 5.56 Å². The van der Waals surface area contributed by atoms with E-state index in [0.29, 0.717) is 5.56 Å². The van der Waals surface area contributed by atoms with Gasteiger partial charge in [-0.1, -0.05) is 53.0 Å². The van der Waals surface area contributed by atoms with Crippen LogP contribution in [0.25, 0.3) is 0 Å². The summed E-state index contributed by atoms with van der Waals surface area (Å²) in [5.41, 5.74) is 0.916. The molecule has 0 aliphatic rings. The van der Waals surface area contributed by atoms with Crippen molar-refractivity contribution in [2.45, 2.75) is 26.7 Å². The van der Waals surface area contributed by atoms with Gasteiger partial charge >= 0.3 is 0 Å². The Hall–Kier alpha value is -2.84. The summed E-state index contributed by atoms with van der Waals surface area (Å²) < 4.78 is 49.2. The van der Waals surface area contributed by atoms with Crippen LogP contribution in [0.3, 0.4) is 0 Å². The second-order valence-corrected chi connectivity index (χ2v) is 7.92. The number of carbonyl (C=O) groups excluding carboxylic acids is 1. The van der Waals surface area contributed by atoms with Crippen molar-refractivity contribution in [1.29, 1.82) is 0 Å². The summed E-state index contributed by atoms with van der Waals surface area (Å²) in [5, 5.41) is 9.19. The lowest BCUT2D eigenvalue weighted by Gasteiger charge is -2.20. The van der Waals surface area contributed by atoms with Gasteiger partial charge in [-0.3, -0.25) is 4.79 Å². The zero-order valence-electron chi connectivity index (χ0n) is 17.3. The van der Waals surface area contributed by atoms with Gasteiger partial charge in [-0.15, -0.1) is 10.2 Å². The molecule has 0 aliphatic heterocycles. The van der Waals surface area contributed by atoms with Crippen molar-refractivity contribution < 1.29 is 22.7 Å². The van der Waals surface area contributed by atoms with Crippen LogP contribution >= 0.6 is 23.2 Å². The molecule has 0 atom stereocenters. The van der Waals surface area contributed by atoms with Crippen LogP contribution in [0, 0.1) is 26.6 Å². The highest BCUT2D eigenvalue weighted by Crippen LogP contribution is 2.33. The average molecular weight is 484 g/mol. The number of carbonyl (C=O) groups is 1. The lowest BCUT2D eigenvalue weighted by atomic mass is 10.00. The molecule has 3 rings (SSSR count). The van der Waals surface area contributed by atoms with Gasteiger partial charge in [0.25, 0.3) is 17.7 Å². The first-order valence-corrected chi connectivity index (χ1v) is 10.1. The zero-order chi connectivity index (χ0) is 23.6. The van der Waals surface area contributed by atoms with Crippen LogP contribution in [0.15, 0.2) is 36.4 Å². The van der Waals surface area contributed by atoms with E-state index in [4.69, 9.17) is 27.9 Å². The molecule has 1 aromatic heterocycles. The van der Waals surface area contributed by atoms with Crippen LogP contribution in [0.4, 0.5) is 13.2 Å². The predicted molar refractivity (Wildman–Crippen MR) is 115 cm³/mol. The molecule has 0 unspecified atom stereocenters. The van der Waals surface area contributed by atoms with Gasteiger partial charge < -0.3 is 10.1 Å². The number of alkyl halides is 2. The van der Waals surface area contributed by atoms with Crippen molar-refractivity contribution in [3.63, 3.8) is 0 Å². The first-order valence-electron chi connectivity index (χ1n) is 9.39. The summed E-state index contributed by atoms with van der Waals surface area (Å²) in [7, 11) is 0. The predicted octanol–water partition coefficient (Wildman–Crippen LogP) is 6.16. The maximum atomic E-state index is 14.8. The number of rotatable bonds is 6. The van der Waals surface area contributed by atoms with E-state index in [-0.39, 0.29) is 32.6 Å². The number of ether oxygens (including phenoxy) is 1. The number of aromatic nitrogens is 2. The van der Waals surface area contributed by atoms with Crippen LogP contribution < -0.4 is 10.1 Å². The SMILES string of the molecule is Cc1ccc(C(F)(F)CNC(=O)c2c(Oc3cccc(Cl)c3F)nnc(Cl)c2C)c(C)c1. The van der Waals surface area contributed by atoms with Gasteiger partial charge in [0.15, 0.2) is 16.7 Å². The molecule has 0 spiro atoms. The van der Waals surface area contributed by atoms with E-state index in [9.17, 15) is 18.0 Å². The minimum atomic E-state index is -3.34. The number of aryl methyl sites for hydroxylation is 2. The molecule has 5 nitrogen and oxygen atoms in total. The third-order valence-corrected chi connectivity index (χ3v) is 5.37. The summed E-state index contributed by atoms with van der Waals surface area (Å²) in [6.07, 6.45) is 0. The second-order valence-electron chi connectivity index (χ2n) is 7.16. The first kappa shape index (κ1) is 23.8. The molecule has 0 fully saturated rings. The van der Waals surface area contributed by atoms with Gasteiger partial charge in [0, 0.05) is 11.1 Å². The Kier molecular flexibility index (Phi) is 6.95. The van der Waals surface area contributed by atoms with Crippen LogP contribution in [-0.2, 0) is 5.92 Å². The van der Waals surface area contributed by atoms with E-state index in [1.807, 2.05) is 0 Å². The second kappa shape index (κ2) is 9.34. The summed E-state index contributed by atoms with van der Waals surface area (Å²) in [5.74, 6) is -5.87. The summed E-state index contributed by atoms with van der Waals surface area (Å²) >= 11 is 11.7. The number of nitrogens with one attached hydrogen (secondary N) is 1. The van der Waals surface area contributed by atoms with E-state index in [2.05, 4.69) is 15.5 Å². The van der Waals surface area contributed by atoms with Crippen molar-refractivity contribution in [3.8, 4) is 11.6 Å². The number of hydrogen-bond donors (Lipinski definition) is 1. The molecule has 32 heavy (non-hydrogen) atoms. The van der Waals surface area contributed by atoms with Gasteiger partial charge in [0.2, 0.25) is 0 Å². The third kappa shape index (κ3) is 4.97. The lowest BCUT2D eigenvalue weighted by molar-refractivity contribution is -0.00311. The number of benzene rings is 2. The Morgan fingerprint density at radius 3 is 2.53 bits per heavy atom. The maximum absolute atomic E-state index is 14.8. The fourth-order valence-corrected chi connectivity index (χ4v) is 3.38. The first-order chi connectivity index (χ1) is 15.0. The normalized spacial score (nSPS) is 11.4. The minimum Gasteiger partial charge on any atom is -0.434 e. The molecule has 1 N–H and O–H groups in total. The van der Waals surface area contributed by atoms with Gasteiger partial charge in [0.05, 0.1) is 11.6 Å². The van der Waals surface area contributed by atoms with Crippen molar-refractivity contribution in [3.05, 3.63) is 80.2 Å². The van der Waals surface area contributed by atoms with Crippen molar-refractivity contribution in [2.75, 3.05) is 6.54 Å². The highest BCUT2D eigenvalue weighted by molar-refractivity contribution is 6.31. The average Bonchev–Trinajstić information content (AvgIpc) is 2.72. The van der Waals surface area contributed by atoms with E-state index in [0.717, 1.165) is 5.56 Å². The summed E-state index contributed by atoms with van der Waals surface area (Å²) in [6, 6.07) is 8.53. The van der Waals surface area contributed by atoms with Crippen LogP contribution in [-0.4, -0.2) is 22.6 Å². The van der Waals surface area contributed by atoms with Crippen LogP contribution in [0.1, 0.15) is 32.6 Å². The molecule has 1 heterocycles. The fourth-order valence-electron chi connectivity index (χ4n) is 3.08. The Bertz CT molecular complexity index is 1190. The highest BCUT2D eigenvalue weighted by Gasteiger charge is 2.34. The number of nitrogens with zero attached hydrogens (tertiary/aromatic N) is 2. The number of hydrogen-bond acceptors (Lipinski definition) is 4. The molecule has 0 saturated carbocycles. The van der Waals surface area contributed by atoms with E-state index < -0.39 is 30.1 Å². The van der Waals surface area contributed by atoms with Crippen LogP contribution in [0.5, 0.6) is 11.6 Å². The van der Waals surface area contributed by atoms with Gasteiger partial charge in [-0.25, -0.2) is 4.39 Å². The monoisotopic (exact) mass is 483 g/mol. The molecule has 0 radical (unpaired) electrons. The molecule has 0 aliphatic carbocycles. The molecule has 0 saturated heterocycles. The Morgan fingerprint density at radius 2 is 1.84 bits per heavy atom. The highest BCUT2D eigenvalue weighted by atomic mass is 35.5. The Balaban J connectivity index is 1.89.